The standard InChI is InChI=1S/C14H19NO3S/c1-10-12(7-8-18-10)19-9-14(15,13(16)17)11-5-3-2-4-6-11/h2-6,10,12H,7-9,15H2,1H3,(H,16,17). The minimum absolute atomic E-state index is 0.166. The van der Waals surface area contributed by atoms with E-state index in [4.69, 9.17) is 10.5 Å². The first-order valence-corrected chi connectivity index (χ1v) is 7.40. The number of carboxylic acids is 1. The number of carbonyl (C=O) groups is 1. The Balaban J connectivity index is 2.10. The van der Waals surface area contributed by atoms with Crippen LogP contribution >= 0.6 is 11.8 Å². The van der Waals surface area contributed by atoms with E-state index in [2.05, 4.69) is 0 Å². The number of ether oxygens (including phenoxy) is 1. The van der Waals surface area contributed by atoms with Crippen molar-refractivity contribution in [3.05, 3.63) is 35.9 Å². The Kier molecular flexibility index (Phi) is 4.50. The molecule has 0 amide bonds. The highest BCUT2D eigenvalue weighted by molar-refractivity contribution is 8.00. The van der Waals surface area contributed by atoms with E-state index in [9.17, 15) is 9.90 Å². The molecule has 0 radical (unpaired) electrons. The number of rotatable bonds is 5. The molecule has 2 rings (SSSR count). The molecule has 0 bridgehead atoms. The summed E-state index contributed by atoms with van der Waals surface area (Å²) in [5.74, 6) is -0.636. The largest absolute Gasteiger partial charge is 0.480 e. The van der Waals surface area contributed by atoms with Crippen LogP contribution in [-0.2, 0) is 15.1 Å². The van der Waals surface area contributed by atoms with Crippen molar-refractivity contribution >= 4 is 17.7 Å². The zero-order chi connectivity index (χ0) is 13.9. The van der Waals surface area contributed by atoms with Gasteiger partial charge in [0.2, 0.25) is 0 Å². The van der Waals surface area contributed by atoms with E-state index in [0.717, 1.165) is 13.0 Å². The first-order chi connectivity index (χ1) is 9.04. The van der Waals surface area contributed by atoms with Crippen LogP contribution in [0.15, 0.2) is 30.3 Å². The van der Waals surface area contributed by atoms with Crippen LogP contribution in [0.4, 0.5) is 0 Å². The van der Waals surface area contributed by atoms with Crippen LogP contribution in [0.2, 0.25) is 0 Å². The van der Waals surface area contributed by atoms with Crippen LogP contribution in [0.1, 0.15) is 18.9 Å². The molecule has 1 aliphatic heterocycles. The second-order valence-electron chi connectivity index (χ2n) is 4.86. The smallest absolute Gasteiger partial charge is 0.329 e. The first kappa shape index (κ1) is 14.4. The third-order valence-corrected chi connectivity index (χ3v) is 5.17. The topological polar surface area (TPSA) is 72.5 Å². The highest BCUT2D eigenvalue weighted by atomic mass is 32.2. The Morgan fingerprint density at radius 3 is 2.74 bits per heavy atom. The summed E-state index contributed by atoms with van der Waals surface area (Å²) >= 11 is 1.59. The van der Waals surface area contributed by atoms with Crippen LogP contribution < -0.4 is 5.73 Å². The number of hydrogen-bond acceptors (Lipinski definition) is 4. The minimum Gasteiger partial charge on any atom is -0.480 e. The van der Waals surface area contributed by atoms with Gasteiger partial charge in [-0.3, -0.25) is 0 Å². The average molecular weight is 281 g/mol. The average Bonchev–Trinajstić information content (AvgIpc) is 2.82. The quantitative estimate of drug-likeness (QED) is 0.861. The molecule has 1 saturated heterocycles. The lowest BCUT2D eigenvalue weighted by atomic mass is 9.93. The van der Waals surface area contributed by atoms with Crippen molar-refractivity contribution in [1.82, 2.24) is 0 Å². The number of carboxylic acid groups (broad SMARTS) is 1. The summed E-state index contributed by atoms with van der Waals surface area (Å²) in [5, 5.41) is 9.78. The fraction of sp³-hybridized carbons (Fsp3) is 0.500. The maximum atomic E-state index is 11.5. The predicted octanol–water partition coefficient (Wildman–Crippen LogP) is 1.84. The molecule has 104 valence electrons. The molecule has 0 aliphatic carbocycles. The van der Waals surface area contributed by atoms with E-state index in [1.165, 1.54) is 0 Å². The number of thioether (sulfide) groups is 1. The third kappa shape index (κ3) is 3.11. The fourth-order valence-corrected chi connectivity index (χ4v) is 3.55. The summed E-state index contributed by atoms with van der Waals surface area (Å²) in [7, 11) is 0. The van der Waals surface area contributed by atoms with Crippen LogP contribution in [0.5, 0.6) is 0 Å². The lowest BCUT2D eigenvalue weighted by Crippen LogP contribution is -2.47. The van der Waals surface area contributed by atoms with Gasteiger partial charge in [-0.1, -0.05) is 30.3 Å². The van der Waals surface area contributed by atoms with Gasteiger partial charge in [0.15, 0.2) is 0 Å². The van der Waals surface area contributed by atoms with E-state index in [0.29, 0.717) is 16.6 Å². The highest BCUT2D eigenvalue weighted by Crippen LogP contribution is 2.31. The summed E-state index contributed by atoms with van der Waals surface area (Å²) in [6, 6.07) is 9.01. The molecule has 3 atom stereocenters. The second-order valence-corrected chi connectivity index (χ2v) is 6.08. The zero-order valence-electron chi connectivity index (χ0n) is 10.9. The SMILES string of the molecule is CC1OCCC1SCC(N)(C(=O)O)c1ccccc1. The fourth-order valence-electron chi connectivity index (χ4n) is 2.17. The molecule has 1 fully saturated rings. The van der Waals surface area contributed by atoms with Crippen LogP contribution in [0.25, 0.3) is 0 Å². The lowest BCUT2D eigenvalue weighted by molar-refractivity contribution is -0.142. The molecular formula is C14H19NO3S. The Bertz CT molecular complexity index is 440. The van der Waals surface area contributed by atoms with Crippen molar-refractivity contribution in [3.8, 4) is 0 Å². The Morgan fingerprint density at radius 2 is 2.21 bits per heavy atom. The molecule has 19 heavy (non-hydrogen) atoms. The van der Waals surface area contributed by atoms with E-state index >= 15 is 0 Å². The molecule has 0 spiro atoms. The molecule has 3 N–H and O–H groups in total. The number of nitrogens with two attached hydrogens (primary N) is 1. The summed E-state index contributed by atoms with van der Waals surface area (Å²) in [5.41, 5.74) is 5.43. The van der Waals surface area contributed by atoms with Gasteiger partial charge >= 0.3 is 5.97 Å². The molecule has 1 aliphatic rings. The van der Waals surface area contributed by atoms with Gasteiger partial charge in [-0.05, 0) is 18.9 Å². The van der Waals surface area contributed by atoms with Crippen LogP contribution in [0, 0.1) is 0 Å². The van der Waals surface area contributed by atoms with Gasteiger partial charge in [0.1, 0.15) is 5.54 Å². The zero-order valence-corrected chi connectivity index (χ0v) is 11.7. The van der Waals surface area contributed by atoms with Gasteiger partial charge in [0.05, 0.1) is 6.10 Å². The Labute approximate surface area is 117 Å². The first-order valence-electron chi connectivity index (χ1n) is 6.35. The van der Waals surface area contributed by atoms with E-state index in [1.807, 2.05) is 25.1 Å². The van der Waals surface area contributed by atoms with Gasteiger partial charge < -0.3 is 15.6 Å². The molecule has 1 aromatic rings. The van der Waals surface area contributed by atoms with Crippen molar-refractivity contribution < 1.29 is 14.6 Å². The highest BCUT2D eigenvalue weighted by Gasteiger charge is 2.38. The van der Waals surface area contributed by atoms with Crippen molar-refractivity contribution in [1.29, 1.82) is 0 Å². The monoisotopic (exact) mass is 281 g/mol. The maximum Gasteiger partial charge on any atom is 0.329 e. The van der Waals surface area contributed by atoms with Crippen molar-refractivity contribution in [2.24, 2.45) is 5.73 Å². The molecule has 0 aromatic heterocycles. The van der Waals surface area contributed by atoms with Crippen molar-refractivity contribution in [3.63, 3.8) is 0 Å². The molecule has 1 heterocycles. The van der Waals surface area contributed by atoms with E-state index in [1.54, 1.807) is 23.9 Å². The van der Waals surface area contributed by atoms with Crippen LogP contribution in [0.3, 0.4) is 0 Å². The van der Waals surface area contributed by atoms with Crippen molar-refractivity contribution in [2.45, 2.75) is 30.2 Å². The summed E-state index contributed by atoms with van der Waals surface area (Å²) < 4.78 is 5.49. The molecule has 1 aromatic carbocycles. The second kappa shape index (κ2) is 5.94. The van der Waals surface area contributed by atoms with Gasteiger partial charge in [-0.2, -0.15) is 11.8 Å². The Morgan fingerprint density at radius 1 is 1.53 bits per heavy atom. The minimum atomic E-state index is -1.34. The van der Waals surface area contributed by atoms with Gasteiger partial charge in [-0.25, -0.2) is 4.79 Å². The molecule has 0 saturated carbocycles. The van der Waals surface area contributed by atoms with Gasteiger partial charge in [0.25, 0.3) is 0 Å². The molecule has 3 unspecified atom stereocenters. The summed E-state index contributed by atoms with van der Waals surface area (Å²) in [4.78, 5) is 11.5. The summed E-state index contributed by atoms with van der Waals surface area (Å²) in [6.45, 7) is 2.76. The van der Waals surface area contributed by atoms with E-state index in [-0.39, 0.29) is 6.10 Å². The maximum absolute atomic E-state index is 11.5. The summed E-state index contributed by atoms with van der Waals surface area (Å²) in [6.07, 6.45) is 1.12. The molecule has 5 heteroatoms. The van der Waals surface area contributed by atoms with Crippen LogP contribution in [-0.4, -0.2) is 34.8 Å². The number of aliphatic carboxylic acids is 1. The lowest BCUT2D eigenvalue weighted by Gasteiger charge is -2.26. The van der Waals surface area contributed by atoms with Gasteiger partial charge in [0, 0.05) is 17.6 Å². The third-order valence-electron chi connectivity index (χ3n) is 3.50. The number of hydrogen-bond donors (Lipinski definition) is 2. The number of benzene rings is 1. The van der Waals surface area contributed by atoms with Gasteiger partial charge in [-0.15, -0.1) is 0 Å². The predicted molar refractivity (Wildman–Crippen MR) is 76.2 cm³/mol. The molecular weight excluding hydrogens is 262 g/mol. The normalized spacial score (nSPS) is 26.0. The Hall–Kier alpha value is -1.04. The van der Waals surface area contributed by atoms with E-state index < -0.39 is 11.5 Å². The van der Waals surface area contributed by atoms with Crippen molar-refractivity contribution in [2.75, 3.05) is 12.4 Å². The molecule has 4 nitrogen and oxygen atoms in total.